The Kier molecular flexibility index (Phi) is 4.20. The predicted molar refractivity (Wildman–Crippen MR) is 74.5 cm³/mol. The highest BCUT2D eigenvalue weighted by Gasteiger charge is 2.36. The third-order valence-corrected chi connectivity index (χ3v) is 4.20. The Bertz CT molecular complexity index is 415. The van der Waals surface area contributed by atoms with Crippen LogP contribution < -0.4 is 5.32 Å². The van der Waals surface area contributed by atoms with Crippen LogP contribution >= 0.6 is 0 Å². The van der Waals surface area contributed by atoms with Crippen molar-refractivity contribution in [2.75, 3.05) is 13.1 Å². The van der Waals surface area contributed by atoms with E-state index in [0.29, 0.717) is 12.0 Å². The molecule has 1 aromatic rings. The fourth-order valence-corrected chi connectivity index (χ4v) is 2.74. The maximum atomic E-state index is 4.30. The molecule has 6 heteroatoms. The third kappa shape index (κ3) is 3.30. The summed E-state index contributed by atoms with van der Waals surface area (Å²) in [7, 11) is 1.81. The Morgan fingerprint density at radius 1 is 1.47 bits per heavy atom. The number of aryl methyl sites for hydroxylation is 1. The van der Waals surface area contributed by atoms with Crippen molar-refractivity contribution in [3.63, 3.8) is 0 Å². The fourth-order valence-electron chi connectivity index (χ4n) is 2.74. The molecule has 0 saturated carbocycles. The molecule has 2 atom stereocenters. The average Bonchev–Trinajstić information content (AvgIpc) is 2.74. The van der Waals surface area contributed by atoms with Crippen molar-refractivity contribution in [1.82, 2.24) is 30.4 Å². The topological polar surface area (TPSA) is 58.9 Å². The standard InChI is InChI=1S/C13H26N6/c1-6-13(4)9-19(11(7-14-13)10(2)3)8-12-15-17-18(5)16-12/h10-11,14H,6-9H2,1-5H3. The van der Waals surface area contributed by atoms with Crippen LogP contribution in [0.1, 0.15) is 39.9 Å². The van der Waals surface area contributed by atoms with E-state index in [1.54, 1.807) is 0 Å². The summed E-state index contributed by atoms with van der Waals surface area (Å²) in [5, 5.41) is 16.0. The quantitative estimate of drug-likeness (QED) is 0.874. The monoisotopic (exact) mass is 266 g/mol. The molecule has 0 aliphatic carbocycles. The first kappa shape index (κ1) is 14.4. The second-order valence-electron chi connectivity index (χ2n) is 6.21. The lowest BCUT2D eigenvalue weighted by molar-refractivity contribution is 0.0518. The van der Waals surface area contributed by atoms with E-state index in [4.69, 9.17) is 0 Å². The molecular formula is C13H26N6. The number of aromatic nitrogens is 4. The Hall–Kier alpha value is -1.01. The number of rotatable bonds is 4. The summed E-state index contributed by atoms with van der Waals surface area (Å²) in [5.74, 6) is 1.43. The second kappa shape index (κ2) is 5.54. The van der Waals surface area contributed by atoms with Crippen LogP contribution in [-0.4, -0.2) is 49.8 Å². The van der Waals surface area contributed by atoms with Gasteiger partial charge in [0.15, 0.2) is 5.82 Å². The van der Waals surface area contributed by atoms with E-state index in [2.05, 4.69) is 53.3 Å². The normalized spacial score (nSPS) is 29.1. The Balaban J connectivity index is 2.11. The molecule has 1 aromatic heterocycles. The molecule has 2 heterocycles. The molecule has 108 valence electrons. The van der Waals surface area contributed by atoms with E-state index in [0.717, 1.165) is 31.9 Å². The summed E-state index contributed by atoms with van der Waals surface area (Å²) in [6.07, 6.45) is 1.13. The minimum Gasteiger partial charge on any atom is -0.309 e. The van der Waals surface area contributed by atoms with Crippen LogP contribution in [0.4, 0.5) is 0 Å². The molecule has 2 unspecified atom stereocenters. The fraction of sp³-hybridized carbons (Fsp3) is 0.923. The van der Waals surface area contributed by atoms with Crippen molar-refractivity contribution >= 4 is 0 Å². The number of nitrogens with zero attached hydrogens (tertiary/aromatic N) is 5. The second-order valence-corrected chi connectivity index (χ2v) is 6.21. The molecule has 0 spiro atoms. The summed E-state index contributed by atoms with van der Waals surface area (Å²) in [5.41, 5.74) is 0.188. The van der Waals surface area contributed by atoms with Gasteiger partial charge in [-0.05, 0) is 24.5 Å². The molecule has 1 fully saturated rings. The molecule has 2 rings (SSSR count). The maximum absolute atomic E-state index is 4.30. The van der Waals surface area contributed by atoms with E-state index < -0.39 is 0 Å². The zero-order valence-corrected chi connectivity index (χ0v) is 12.7. The van der Waals surface area contributed by atoms with Gasteiger partial charge in [-0.15, -0.1) is 10.2 Å². The minimum absolute atomic E-state index is 0.188. The highest BCUT2D eigenvalue weighted by Crippen LogP contribution is 2.23. The average molecular weight is 266 g/mol. The summed E-state index contributed by atoms with van der Waals surface area (Å²) in [4.78, 5) is 4.03. The largest absolute Gasteiger partial charge is 0.309 e. The zero-order valence-electron chi connectivity index (χ0n) is 12.7. The third-order valence-electron chi connectivity index (χ3n) is 4.20. The molecule has 1 aliphatic heterocycles. The van der Waals surface area contributed by atoms with Crippen LogP contribution in [0.5, 0.6) is 0 Å². The van der Waals surface area contributed by atoms with E-state index in [1.807, 2.05) is 7.05 Å². The molecule has 0 amide bonds. The van der Waals surface area contributed by atoms with Gasteiger partial charge in [-0.25, -0.2) is 0 Å². The van der Waals surface area contributed by atoms with Crippen LogP contribution in [0, 0.1) is 5.92 Å². The predicted octanol–water partition coefficient (Wildman–Crippen LogP) is 0.809. The molecule has 1 saturated heterocycles. The summed E-state index contributed by atoms with van der Waals surface area (Å²) in [6.45, 7) is 11.9. The lowest BCUT2D eigenvalue weighted by atomic mass is 9.90. The van der Waals surface area contributed by atoms with E-state index in [-0.39, 0.29) is 5.54 Å². The number of hydrogen-bond donors (Lipinski definition) is 1. The van der Waals surface area contributed by atoms with Gasteiger partial charge in [0.25, 0.3) is 0 Å². The Morgan fingerprint density at radius 3 is 2.74 bits per heavy atom. The maximum Gasteiger partial charge on any atom is 0.188 e. The van der Waals surface area contributed by atoms with Crippen LogP contribution in [0.15, 0.2) is 0 Å². The van der Waals surface area contributed by atoms with Gasteiger partial charge in [0.05, 0.1) is 13.6 Å². The molecule has 19 heavy (non-hydrogen) atoms. The van der Waals surface area contributed by atoms with Gasteiger partial charge >= 0.3 is 0 Å². The van der Waals surface area contributed by atoms with E-state index in [1.165, 1.54) is 4.80 Å². The van der Waals surface area contributed by atoms with Gasteiger partial charge in [0.2, 0.25) is 0 Å². The van der Waals surface area contributed by atoms with Crippen LogP contribution in [0.25, 0.3) is 0 Å². The molecular weight excluding hydrogens is 240 g/mol. The van der Waals surface area contributed by atoms with Crippen molar-refractivity contribution in [1.29, 1.82) is 0 Å². The van der Waals surface area contributed by atoms with Crippen LogP contribution in [0.2, 0.25) is 0 Å². The first-order valence-electron chi connectivity index (χ1n) is 7.15. The Labute approximate surface area is 115 Å². The van der Waals surface area contributed by atoms with E-state index >= 15 is 0 Å². The van der Waals surface area contributed by atoms with Gasteiger partial charge in [-0.2, -0.15) is 4.80 Å². The number of hydrogen-bond acceptors (Lipinski definition) is 5. The van der Waals surface area contributed by atoms with Crippen molar-refractivity contribution in [2.24, 2.45) is 13.0 Å². The number of piperazine rings is 1. The van der Waals surface area contributed by atoms with Crippen molar-refractivity contribution in [3.8, 4) is 0 Å². The minimum atomic E-state index is 0.188. The highest BCUT2D eigenvalue weighted by atomic mass is 15.6. The molecule has 6 nitrogen and oxygen atoms in total. The summed E-state index contributed by atoms with van der Waals surface area (Å²) >= 11 is 0. The van der Waals surface area contributed by atoms with Crippen molar-refractivity contribution in [2.45, 2.75) is 52.2 Å². The van der Waals surface area contributed by atoms with E-state index in [9.17, 15) is 0 Å². The van der Waals surface area contributed by atoms with Crippen LogP contribution in [0.3, 0.4) is 0 Å². The highest BCUT2D eigenvalue weighted by molar-refractivity contribution is 4.96. The smallest absolute Gasteiger partial charge is 0.188 e. The lowest BCUT2D eigenvalue weighted by Crippen LogP contribution is -2.63. The van der Waals surface area contributed by atoms with Gasteiger partial charge in [-0.3, -0.25) is 4.90 Å². The van der Waals surface area contributed by atoms with Crippen molar-refractivity contribution < 1.29 is 0 Å². The van der Waals surface area contributed by atoms with Gasteiger partial charge in [0.1, 0.15) is 0 Å². The summed E-state index contributed by atoms with van der Waals surface area (Å²) in [6, 6.07) is 0.531. The van der Waals surface area contributed by atoms with Gasteiger partial charge < -0.3 is 5.32 Å². The number of tetrazole rings is 1. The first-order chi connectivity index (χ1) is 8.93. The van der Waals surface area contributed by atoms with Crippen LogP contribution in [-0.2, 0) is 13.6 Å². The molecule has 0 radical (unpaired) electrons. The first-order valence-corrected chi connectivity index (χ1v) is 7.15. The Morgan fingerprint density at radius 2 is 2.21 bits per heavy atom. The number of nitrogens with one attached hydrogen (secondary N) is 1. The van der Waals surface area contributed by atoms with Gasteiger partial charge in [0, 0.05) is 24.7 Å². The zero-order chi connectivity index (χ0) is 14.0. The SMILES string of the molecule is CCC1(C)CN(Cc2nnn(C)n2)C(C(C)C)CN1. The summed E-state index contributed by atoms with van der Waals surface area (Å²) < 4.78 is 0. The molecule has 1 aliphatic rings. The lowest BCUT2D eigenvalue weighted by Gasteiger charge is -2.47. The van der Waals surface area contributed by atoms with Gasteiger partial charge in [-0.1, -0.05) is 20.8 Å². The molecule has 1 N–H and O–H groups in total. The molecule has 0 aromatic carbocycles. The van der Waals surface area contributed by atoms with Crippen molar-refractivity contribution in [3.05, 3.63) is 5.82 Å². The molecule has 0 bridgehead atoms.